The number of hydrogen-bond donors (Lipinski definition) is 0. The Balaban J connectivity index is 1.45. The smallest absolute Gasteiger partial charge is 0.222 e. The van der Waals surface area contributed by atoms with E-state index in [0.29, 0.717) is 24.6 Å². The summed E-state index contributed by atoms with van der Waals surface area (Å²) in [4.78, 5) is 21.4. The first-order valence-electron chi connectivity index (χ1n) is 13.8. The van der Waals surface area contributed by atoms with Crippen LogP contribution in [0.2, 0.25) is 0 Å². The lowest BCUT2D eigenvalue weighted by Crippen LogP contribution is -2.37. The van der Waals surface area contributed by atoms with Crippen molar-refractivity contribution in [2.45, 2.75) is 65.0 Å². The molecule has 3 aromatic rings. The molecule has 8 nitrogen and oxygen atoms in total. The Morgan fingerprint density at radius 3 is 2.76 bits per heavy atom. The Hall–Kier alpha value is -3.70. The van der Waals surface area contributed by atoms with Crippen molar-refractivity contribution in [2.75, 3.05) is 31.2 Å². The highest BCUT2D eigenvalue weighted by atomic mass is 16.5. The molecule has 0 atom stereocenters. The van der Waals surface area contributed by atoms with Crippen molar-refractivity contribution < 1.29 is 9.53 Å². The Labute approximate surface area is 223 Å². The van der Waals surface area contributed by atoms with Gasteiger partial charge in [-0.25, -0.2) is 0 Å². The number of rotatable bonds is 4. The van der Waals surface area contributed by atoms with Crippen molar-refractivity contribution in [3.63, 3.8) is 0 Å². The van der Waals surface area contributed by atoms with Crippen molar-refractivity contribution >= 4 is 17.4 Å². The van der Waals surface area contributed by atoms with E-state index < -0.39 is 0 Å². The van der Waals surface area contributed by atoms with Gasteiger partial charge in [0, 0.05) is 79.1 Å². The zero-order chi connectivity index (χ0) is 26.2. The van der Waals surface area contributed by atoms with Gasteiger partial charge in [-0.15, -0.1) is 0 Å². The van der Waals surface area contributed by atoms with Gasteiger partial charge in [0.1, 0.15) is 0 Å². The first-order valence-corrected chi connectivity index (χ1v) is 13.8. The summed E-state index contributed by atoms with van der Waals surface area (Å²) in [5.41, 5.74) is 8.16. The number of hydrogen-bond acceptors (Lipinski definition) is 6. The van der Waals surface area contributed by atoms with E-state index in [1.54, 1.807) is 0 Å². The van der Waals surface area contributed by atoms with Gasteiger partial charge in [-0.1, -0.05) is 13.0 Å². The summed E-state index contributed by atoms with van der Waals surface area (Å²) >= 11 is 0. The topological polar surface area (TPSA) is 87.3 Å². The molecule has 2 aromatic heterocycles. The largest absolute Gasteiger partial charge is 0.381 e. The SMILES string of the molecule is CCC(=O)N1CCc2c(c(N3CCCc4cc(-c5ccc(C)nc5)c(C#N)cc43)nn2C2CCOCC2)C1. The lowest BCUT2D eigenvalue weighted by molar-refractivity contribution is -0.131. The van der Waals surface area contributed by atoms with Gasteiger partial charge in [0.2, 0.25) is 5.91 Å². The number of amides is 1. The van der Waals surface area contributed by atoms with E-state index in [2.05, 4.69) is 26.7 Å². The van der Waals surface area contributed by atoms with E-state index in [4.69, 9.17) is 9.84 Å². The molecule has 1 amide bonds. The summed E-state index contributed by atoms with van der Waals surface area (Å²) in [6.07, 6.45) is 7.03. The minimum atomic E-state index is 0.183. The van der Waals surface area contributed by atoms with E-state index >= 15 is 0 Å². The van der Waals surface area contributed by atoms with Crippen LogP contribution >= 0.6 is 0 Å². The Kier molecular flexibility index (Phi) is 6.62. The van der Waals surface area contributed by atoms with Gasteiger partial charge < -0.3 is 14.5 Å². The molecular weight excluding hydrogens is 476 g/mol. The molecule has 0 N–H and O–H groups in total. The number of ether oxygens (including phenoxy) is 1. The molecule has 0 aliphatic carbocycles. The monoisotopic (exact) mass is 510 g/mol. The highest BCUT2D eigenvalue weighted by molar-refractivity contribution is 5.80. The fourth-order valence-corrected chi connectivity index (χ4v) is 6.12. The average Bonchev–Trinajstić information content (AvgIpc) is 3.35. The number of nitriles is 1. The van der Waals surface area contributed by atoms with Crippen LogP contribution in [0.1, 0.15) is 66.7 Å². The molecule has 3 aliphatic rings. The third-order valence-electron chi connectivity index (χ3n) is 8.19. The molecule has 0 radical (unpaired) electrons. The van der Waals surface area contributed by atoms with Gasteiger partial charge in [0.05, 0.1) is 24.2 Å². The van der Waals surface area contributed by atoms with E-state index in [1.807, 2.05) is 43.1 Å². The second-order valence-electron chi connectivity index (χ2n) is 10.5. The van der Waals surface area contributed by atoms with Crippen LogP contribution < -0.4 is 4.90 Å². The number of carbonyl (C=O) groups is 1. The number of anilines is 2. The quantitative estimate of drug-likeness (QED) is 0.498. The van der Waals surface area contributed by atoms with Crippen molar-refractivity contribution in [1.82, 2.24) is 19.7 Å². The van der Waals surface area contributed by atoms with Crippen LogP contribution in [0.5, 0.6) is 0 Å². The normalized spacial score (nSPS) is 17.6. The van der Waals surface area contributed by atoms with Crippen molar-refractivity contribution in [3.8, 4) is 17.2 Å². The summed E-state index contributed by atoms with van der Waals surface area (Å²) in [5, 5.41) is 15.4. The molecule has 5 heterocycles. The number of carbonyl (C=O) groups excluding carboxylic acids is 1. The highest BCUT2D eigenvalue weighted by Crippen LogP contribution is 2.41. The summed E-state index contributed by atoms with van der Waals surface area (Å²) in [7, 11) is 0. The highest BCUT2D eigenvalue weighted by Gasteiger charge is 2.34. The second kappa shape index (κ2) is 10.2. The minimum Gasteiger partial charge on any atom is -0.381 e. The van der Waals surface area contributed by atoms with Crippen LogP contribution in [0.25, 0.3) is 11.1 Å². The third kappa shape index (κ3) is 4.35. The molecule has 0 saturated carbocycles. The Morgan fingerprint density at radius 2 is 2.03 bits per heavy atom. The number of pyridine rings is 1. The molecule has 1 aromatic carbocycles. The first-order chi connectivity index (χ1) is 18.6. The van der Waals surface area contributed by atoms with Crippen molar-refractivity contribution in [1.29, 1.82) is 5.26 Å². The van der Waals surface area contributed by atoms with Crippen LogP contribution in [0, 0.1) is 18.3 Å². The molecule has 1 fully saturated rings. The first kappa shape index (κ1) is 24.6. The molecular formula is C30H34N6O2. The fourth-order valence-electron chi connectivity index (χ4n) is 6.12. The number of fused-ring (bicyclic) bond motifs is 2. The molecule has 0 unspecified atom stereocenters. The standard InChI is InChI=1S/C30H34N6O2/c1-3-29(37)34-12-8-27-26(19-34)30(33-36(27)24-9-13-38-14-10-24)35-11-4-5-21-15-25(23(17-31)16-28(21)35)22-7-6-20(2)32-18-22/h6-7,15-16,18,24H,3-5,8-14,19H2,1-2H3. The van der Waals surface area contributed by atoms with Crippen LogP contribution in [0.4, 0.5) is 11.5 Å². The third-order valence-corrected chi connectivity index (χ3v) is 8.19. The van der Waals surface area contributed by atoms with Crippen molar-refractivity contribution in [3.05, 3.63) is 58.5 Å². The number of aromatic nitrogens is 3. The molecule has 0 bridgehead atoms. The maximum absolute atomic E-state index is 12.7. The zero-order valence-electron chi connectivity index (χ0n) is 22.2. The summed E-state index contributed by atoms with van der Waals surface area (Å²) in [6, 6.07) is 11.0. The van der Waals surface area contributed by atoms with Crippen LogP contribution in [0.3, 0.4) is 0 Å². The zero-order valence-corrected chi connectivity index (χ0v) is 22.2. The van der Waals surface area contributed by atoms with E-state index in [1.165, 1.54) is 11.3 Å². The second-order valence-corrected chi connectivity index (χ2v) is 10.5. The van der Waals surface area contributed by atoms with Crippen LogP contribution in [-0.4, -0.2) is 51.9 Å². The van der Waals surface area contributed by atoms with Gasteiger partial charge in [0.25, 0.3) is 0 Å². The molecule has 3 aliphatic heterocycles. The number of nitrogens with zero attached hydrogens (tertiary/aromatic N) is 6. The molecule has 38 heavy (non-hydrogen) atoms. The van der Waals surface area contributed by atoms with E-state index in [-0.39, 0.29) is 5.91 Å². The minimum absolute atomic E-state index is 0.183. The Morgan fingerprint density at radius 1 is 1.18 bits per heavy atom. The van der Waals surface area contributed by atoms with Gasteiger partial charge >= 0.3 is 0 Å². The fraction of sp³-hybridized carbons (Fsp3) is 0.467. The van der Waals surface area contributed by atoms with Gasteiger partial charge in [-0.2, -0.15) is 10.4 Å². The number of aryl methyl sites for hydroxylation is 2. The van der Waals surface area contributed by atoms with Crippen LogP contribution in [0.15, 0.2) is 30.5 Å². The van der Waals surface area contributed by atoms with Crippen LogP contribution in [-0.2, 0) is 28.9 Å². The lowest BCUT2D eigenvalue weighted by atomic mass is 9.92. The molecule has 6 rings (SSSR count). The predicted molar refractivity (Wildman–Crippen MR) is 145 cm³/mol. The lowest BCUT2D eigenvalue weighted by Gasteiger charge is -2.33. The van der Waals surface area contributed by atoms with Crippen molar-refractivity contribution in [2.24, 2.45) is 0 Å². The van der Waals surface area contributed by atoms with E-state index in [9.17, 15) is 10.1 Å². The molecule has 1 saturated heterocycles. The van der Waals surface area contributed by atoms with Gasteiger partial charge in [0.15, 0.2) is 5.82 Å². The summed E-state index contributed by atoms with van der Waals surface area (Å²) in [6.45, 7) is 7.56. The maximum atomic E-state index is 12.7. The van der Waals surface area contributed by atoms with Gasteiger partial charge in [-0.05, 0) is 56.4 Å². The maximum Gasteiger partial charge on any atom is 0.222 e. The molecule has 8 heteroatoms. The van der Waals surface area contributed by atoms with E-state index in [0.717, 1.165) is 92.3 Å². The molecule has 0 spiro atoms. The summed E-state index contributed by atoms with van der Waals surface area (Å²) in [5.74, 6) is 1.12. The summed E-state index contributed by atoms with van der Waals surface area (Å²) < 4.78 is 7.88. The number of benzene rings is 1. The van der Waals surface area contributed by atoms with Gasteiger partial charge in [-0.3, -0.25) is 14.5 Å². The Bertz CT molecular complexity index is 1400. The average molecular weight is 511 g/mol. The molecule has 196 valence electrons. The predicted octanol–water partition coefficient (Wildman–Crippen LogP) is 4.86.